The van der Waals surface area contributed by atoms with Gasteiger partial charge in [0.2, 0.25) is 10.0 Å². The number of nitrogens with zero attached hydrogens (tertiary/aromatic N) is 2. The van der Waals surface area contributed by atoms with Gasteiger partial charge < -0.3 is 5.11 Å². The number of rotatable bonds is 6. The van der Waals surface area contributed by atoms with E-state index >= 15 is 0 Å². The number of aromatic carboxylic acids is 1. The van der Waals surface area contributed by atoms with Gasteiger partial charge in [0.25, 0.3) is 0 Å². The van der Waals surface area contributed by atoms with E-state index in [-0.39, 0.29) is 15.8 Å². The first kappa shape index (κ1) is 16.7. The molecule has 0 aromatic carbocycles. The van der Waals surface area contributed by atoms with Crippen LogP contribution in [0.25, 0.3) is 0 Å². The van der Waals surface area contributed by atoms with Crippen molar-refractivity contribution in [3.8, 4) is 0 Å². The van der Waals surface area contributed by atoms with Gasteiger partial charge in [0.1, 0.15) is 4.88 Å². The molecule has 2 rings (SSSR count). The molecule has 7 nitrogen and oxygen atoms in total. The van der Waals surface area contributed by atoms with Crippen molar-refractivity contribution in [1.29, 1.82) is 0 Å². The lowest BCUT2D eigenvalue weighted by Crippen LogP contribution is -2.36. The Labute approximate surface area is 132 Å². The quantitative estimate of drug-likeness (QED) is 0.830. The van der Waals surface area contributed by atoms with Crippen LogP contribution in [0.1, 0.15) is 28.0 Å². The summed E-state index contributed by atoms with van der Waals surface area (Å²) in [4.78, 5) is 10.8. The molecule has 0 spiro atoms. The number of aryl methyl sites for hydroxylation is 2. The Morgan fingerprint density at radius 3 is 2.64 bits per heavy atom. The second-order valence-corrected chi connectivity index (χ2v) is 7.71. The van der Waals surface area contributed by atoms with Gasteiger partial charge in [0, 0.05) is 17.1 Å². The van der Waals surface area contributed by atoms with E-state index in [2.05, 4.69) is 9.82 Å². The van der Waals surface area contributed by atoms with Crippen molar-refractivity contribution < 1.29 is 18.3 Å². The van der Waals surface area contributed by atoms with Crippen LogP contribution in [0.5, 0.6) is 0 Å². The third kappa shape index (κ3) is 3.73. The summed E-state index contributed by atoms with van der Waals surface area (Å²) in [5.41, 5.74) is 1.82. The fraction of sp³-hybridized carbons (Fsp3) is 0.385. The van der Waals surface area contributed by atoms with Crippen LogP contribution in [0.4, 0.5) is 0 Å². The van der Waals surface area contributed by atoms with Crippen LogP contribution >= 0.6 is 11.3 Å². The standard InChI is InChI=1S/C13H17N3O4S2/c1-8-4-10(3)16(14-8)6-9(2)15-22(19,20)11-5-12(13(17)18)21-7-11/h4-5,7,9,15H,6H2,1-3H3,(H,17,18). The third-order valence-corrected chi connectivity index (χ3v) is 5.64. The summed E-state index contributed by atoms with van der Waals surface area (Å²) in [7, 11) is -3.74. The molecule has 9 heteroatoms. The summed E-state index contributed by atoms with van der Waals surface area (Å²) < 4.78 is 28.7. The normalized spacial score (nSPS) is 13.2. The second-order valence-electron chi connectivity index (χ2n) is 5.08. The van der Waals surface area contributed by atoms with Gasteiger partial charge in [0.05, 0.1) is 17.1 Å². The van der Waals surface area contributed by atoms with Crippen molar-refractivity contribution in [2.45, 2.75) is 38.3 Å². The first-order valence-electron chi connectivity index (χ1n) is 6.54. The fourth-order valence-electron chi connectivity index (χ4n) is 2.06. The highest BCUT2D eigenvalue weighted by Gasteiger charge is 2.21. The Morgan fingerprint density at radius 1 is 1.45 bits per heavy atom. The van der Waals surface area contributed by atoms with Crippen molar-refractivity contribution in [2.75, 3.05) is 0 Å². The Kier molecular flexibility index (Phi) is 4.69. The number of nitrogens with one attached hydrogen (secondary N) is 1. The summed E-state index contributed by atoms with van der Waals surface area (Å²) in [6.07, 6.45) is 0. The number of hydrogen-bond acceptors (Lipinski definition) is 5. The minimum absolute atomic E-state index is 0.00780. The zero-order valence-corrected chi connectivity index (χ0v) is 14.0. The van der Waals surface area contributed by atoms with Gasteiger partial charge in [-0.2, -0.15) is 5.10 Å². The molecule has 1 atom stereocenters. The maximum absolute atomic E-state index is 12.2. The molecule has 0 radical (unpaired) electrons. The maximum atomic E-state index is 12.2. The van der Waals surface area contributed by atoms with Crippen LogP contribution in [0.3, 0.4) is 0 Å². The maximum Gasteiger partial charge on any atom is 0.345 e. The molecule has 120 valence electrons. The van der Waals surface area contributed by atoms with Crippen molar-refractivity contribution in [2.24, 2.45) is 0 Å². The number of aromatic nitrogens is 2. The lowest BCUT2D eigenvalue weighted by atomic mass is 10.3. The molecule has 1 unspecified atom stereocenters. The van der Waals surface area contributed by atoms with E-state index in [1.165, 1.54) is 5.38 Å². The molecule has 0 aliphatic carbocycles. The van der Waals surface area contributed by atoms with Crippen LogP contribution in [0.15, 0.2) is 22.4 Å². The number of sulfonamides is 1. The van der Waals surface area contributed by atoms with E-state index in [9.17, 15) is 13.2 Å². The predicted octanol–water partition coefficient (Wildman–Crippen LogP) is 1.63. The fourth-order valence-corrected chi connectivity index (χ4v) is 4.41. The van der Waals surface area contributed by atoms with Gasteiger partial charge in [0.15, 0.2) is 0 Å². The van der Waals surface area contributed by atoms with Crippen LogP contribution in [0.2, 0.25) is 0 Å². The average Bonchev–Trinajstić information content (AvgIpc) is 2.96. The molecule has 0 amide bonds. The van der Waals surface area contributed by atoms with Crippen molar-refractivity contribution >= 4 is 27.3 Å². The lowest BCUT2D eigenvalue weighted by molar-refractivity contribution is 0.0702. The zero-order chi connectivity index (χ0) is 16.5. The predicted molar refractivity (Wildman–Crippen MR) is 82.8 cm³/mol. The highest BCUT2D eigenvalue weighted by molar-refractivity contribution is 7.89. The molecular weight excluding hydrogens is 326 g/mol. The summed E-state index contributed by atoms with van der Waals surface area (Å²) >= 11 is 0.885. The highest BCUT2D eigenvalue weighted by atomic mass is 32.2. The van der Waals surface area contributed by atoms with E-state index < -0.39 is 16.0 Å². The molecule has 0 saturated heterocycles. The Balaban J connectivity index is 2.10. The Morgan fingerprint density at radius 2 is 2.14 bits per heavy atom. The van der Waals surface area contributed by atoms with Gasteiger partial charge in [-0.1, -0.05) is 0 Å². The van der Waals surface area contributed by atoms with Crippen LogP contribution < -0.4 is 4.72 Å². The molecule has 0 aliphatic heterocycles. The van der Waals surface area contributed by atoms with Crippen LogP contribution in [-0.2, 0) is 16.6 Å². The molecule has 0 aliphatic rings. The summed E-state index contributed by atoms with van der Waals surface area (Å²) in [5.74, 6) is -1.14. The topological polar surface area (TPSA) is 101 Å². The molecule has 0 fully saturated rings. The second kappa shape index (κ2) is 6.19. The monoisotopic (exact) mass is 343 g/mol. The summed E-state index contributed by atoms with van der Waals surface area (Å²) in [6.45, 7) is 5.91. The Hall–Kier alpha value is -1.71. The average molecular weight is 343 g/mol. The number of carboxylic acids is 1. The molecule has 2 aromatic rings. The molecule has 0 saturated carbocycles. The van der Waals surface area contributed by atoms with Crippen molar-refractivity contribution in [3.05, 3.63) is 33.8 Å². The Bertz CT molecular complexity index is 792. The van der Waals surface area contributed by atoms with Gasteiger partial charge in [-0.05, 0) is 32.9 Å². The van der Waals surface area contributed by atoms with E-state index in [0.717, 1.165) is 28.8 Å². The van der Waals surface area contributed by atoms with Gasteiger partial charge in [-0.3, -0.25) is 4.68 Å². The van der Waals surface area contributed by atoms with Crippen LogP contribution in [0, 0.1) is 13.8 Å². The SMILES string of the molecule is Cc1cc(C)n(CC(C)NS(=O)(=O)c2csc(C(=O)O)c2)n1. The van der Waals surface area contributed by atoms with Gasteiger partial charge in [-0.15, -0.1) is 11.3 Å². The number of carbonyl (C=O) groups is 1. The van der Waals surface area contributed by atoms with Crippen molar-refractivity contribution in [1.82, 2.24) is 14.5 Å². The molecule has 2 aromatic heterocycles. The highest BCUT2D eigenvalue weighted by Crippen LogP contribution is 2.19. The van der Waals surface area contributed by atoms with Crippen molar-refractivity contribution in [3.63, 3.8) is 0 Å². The summed E-state index contributed by atoms with van der Waals surface area (Å²) in [5, 5.41) is 14.5. The van der Waals surface area contributed by atoms with E-state index in [0.29, 0.717) is 6.54 Å². The molecule has 22 heavy (non-hydrogen) atoms. The molecule has 0 bridgehead atoms. The third-order valence-electron chi connectivity index (χ3n) is 3.00. The summed E-state index contributed by atoms with van der Waals surface area (Å²) in [6, 6.07) is 2.70. The van der Waals surface area contributed by atoms with E-state index in [4.69, 9.17) is 5.11 Å². The largest absolute Gasteiger partial charge is 0.477 e. The zero-order valence-electron chi connectivity index (χ0n) is 12.4. The lowest BCUT2D eigenvalue weighted by Gasteiger charge is -2.14. The first-order valence-corrected chi connectivity index (χ1v) is 8.90. The minimum Gasteiger partial charge on any atom is -0.477 e. The number of thiophene rings is 1. The first-order chi connectivity index (χ1) is 10.2. The van der Waals surface area contributed by atoms with E-state index in [1.54, 1.807) is 11.6 Å². The molecule has 2 heterocycles. The minimum atomic E-state index is -3.74. The molecule has 2 N–H and O–H groups in total. The number of carboxylic acid groups (broad SMARTS) is 1. The van der Waals surface area contributed by atoms with Gasteiger partial charge in [-0.25, -0.2) is 17.9 Å². The van der Waals surface area contributed by atoms with E-state index in [1.807, 2.05) is 19.9 Å². The molecular formula is C13H17N3O4S2. The van der Waals surface area contributed by atoms with Crippen LogP contribution in [-0.4, -0.2) is 35.3 Å². The smallest absolute Gasteiger partial charge is 0.345 e. The van der Waals surface area contributed by atoms with Gasteiger partial charge >= 0.3 is 5.97 Å². The number of hydrogen-bond donors (Lipinski definition) is 2.